The maximum atomic E-state index is 12.5. The van der Waals surface area contributed by atoms with Crippen molar-refractivity contribution >= 4 is 31.2 Å². The number of H-pyrrole nitrogens is 1. The largest absolute Gasteiger partial charge is 0.379 e. The molecule has 120 valence electrons. The summed E-state index contributed by atoms with van der Waals surface area (Å²) in [6.45, 7) is 1.19. The number of fused-ring (bicyclic) bond motifs is 1. The molecule has 3 rings (SSSR count). The topological polar surface area (TPSA) is 130 Å². The number of morpholine rings is 1. The van der Waals surface area contributed by atoms with E-state index >= 15 is 0 Å². The lowest BCUT2D eigenvalue weighted by Gasteiger charge is -2.25. The predicted octanol–water partition coefficient (Wildman–Crippen LogP) is -0.169. The standard InChI is InChI=1S/C11H13N3O6S2/c15-21(16,14-3-5-20-6-4-14)8-1-2-9-10(7-8)13-11(12-9)22(17,18)19/h1-2,7H,3-6H2,(H,12,13)(H,17,18,19). The smallest absolute Gasteiger partial charge is 0.328 e. The molecule has 0 unspecified atom stereocenters. The second kappa shape index (κ2) is 5.28. The van der Waals surface area contributed by atoms with Crippen LogP contribution in [0.4, 0.5) is 0 Å². The van der Waals surface area contributed by atoms with Crippen molar-refractivity contribution in [2.75, 3.05) is 26.3 Å². The van der Waals surface area contributed by atoms with Crippen molar-refractivity contribution in [1.29, 1.82) is 0 Å². The third-order valence-corrected chi connectivity index (χ3v) is 5.86. The molecule has 2 N–H and O–H groups in total. The minimum Gasteiger partial charge on any atom is -0.379 e. The van der Waals surface area contributed by atoms with E-state index in [1.807, 2.05) is 0 Å². The summed E-state index contributed by atoms with van der Waals surface area (Å²) >= 11 is 0. The Kier molecular flexibility index (Phi) is 3.69. The Morgan fingerprint density at radius 2 is 1.86 bits per heavy atom. The van der Waals surface area contributed by atoms with Gasteiger partial charge in [0.2, 0.25) is 10.0 Å². The summed E-state index contributed by atoms with van der Waals surface area (Å²) < 4.78 is 62.5. The van der Waals surface area contributed by atoms with Crippen LogP contribution in [0, 0.1) is 0 Å². The lowest BCUT2D eigenvalue weighted by molar-refractivity contribution is 0.0730. The molecular weight excluding hydrogens is 334 g/mol. The fraction of sp³-hybridized carbons (Fsp3) is 0.364. The lowest BCUT2D eigenvalue weighted by atomic mass is 10.3. The molecule has 0 saturated carbocycles. The van der Waals surface area contributed by atoms with Crippen LogP contribution in [0.15, 0.2) is 28.3 Å². The molecule has 1 aromatic heterocycles. The quantitative estimate of drug-likeness (QED) is 0.737. The highest BCUT2D eigenvalue weighted by Gasteiger charge is 2.27. The number of nitrogens with zero attached hydrogens (tertiary/aromatic N) is 2. The molecule has 1 aliphatic rings. The zero-order valence-electron chi connectivity index (χ0n) is 11.3. The van der Waals surface area contributed by atoms with Gasteiger partial charge in [0.15, 0.2) is 0 Å². The van der Waals surface area contributed by atoms with E-state index in [4.69, 9.17) is 9.29 Å². The summed E-state index contributed by atoms with van der Waals surface area (Å²) in [5.41, 5.74) is 0.454. The molecular formula is C11H13N3O6S2. The van der Waals surface area contributed by atoms with Gasteiger partial charge in [0.25, 0.3) is 5.16 Å². The highest BCUT2D eigenvalue weighted by Crippen LogP contribution is 2.22. The van der Waals surface area contributed by atoms with Crippen LogP contribution in [0.2, 0.25) is 0 Å². The molecule has 0 atom stereocenters. The van der Waals surface area contributed by atoms with Gasteiger partial charge in [-0.25, -0.2) is 13.4 Å². The molecule has 0 bridgehead atoms. The summed E-state index contributed by atoms with van der Waals surface area (Å²) in [5.74, 6) is 0. The number of imidazole rings is 1. The predicted molar refractivity (Wildman–Crippen MR) is 75.5 cm³/mol. The van der Waals surface area contributed by atoms with Crippen LogP contribution in [0.25, 0.3) is 11.0 Å². The minimum atomic E-state index is -4.48. The molecule has 1 saturated heterocycles. The molecule has 0 spiro atoms. The Morgan fingerprint density at radius 3 is 2.50 bits per heavy atom. The average Bonchev–Trinajstić information content (AvgIpc) is 2.91. The lowest BCUT2D eigenvalue weighted by Crippen LogP contribution is -2.40. The Hall–Kier alpha value is -1.53. The summed E-state index contributed by atoms with van der Waals surface area (Å²) in [7, 11) is -8.16. The number of nitrogens with one attached hydrogen (secondary N) is 1. The van der Waals surface area contributed by atoms with Crippen molar-refractivity contribution < 1.29 is 26.1 Å². The summed E-state index contributed by atoms with van der Waals surface area (Å²) in [6, 6.07) is 4.03. The highest BCUT2D eigenvalue weighted by molar-refractivity contribution is 7.89. The van der Waals surface area contributed by atoms with E-state index in [2.05, 4.69) is 9.97 Å². The van der Waals surface area contributed by atoms with Gasteiger partial charge in [-0.05, 0) is 18.2 Å². The maximum absolute atomic E-state index is 12.5. The second-order valence-electron chi connectivity index (χ2n) is 4.71. The van der Waals surface area contributed by atoms with E-state index in [9.17, 15) is 16.8 Å². The van der Waals surface area contributed by atoms with E-state index < -0.39 is 25.3 Å². The molecule has 22 heavy (non-hydrogen) atoms. The minimum absolute atomic E-state index is 0.0208. The first-order valence-electron chi connectivity index (χ1n) is 6.34. The van der Waals surface area contributed by atoms with Crippen molar-refractivity contribution in [1.82, 2.24) is 14.3 Å². The Morgan fingerprint density at radius 1 is 1.18 bits per heavy atom. The summed E-state index contributed by atoms with van der Waals surface area (Å²) in [5, 5.41) is -0.622. The van der Waals surface area contributed by atoms with Crippen molar-refractivity contribution in [2.24, 2.45) is 0 Å². The molecule has 0 radical (unpaired) electrons. The number of sulfonamides is 1. The van der Waals surface area contributed by atoms with Gasteiger partial charge < -0.3 is 9.72 Å². The summed E-state index contributed by atoms with van der Waals surface area (Å²) in [6.07, 6.45) is 0. The first kappa shape index (κ1) is 15.4. The number of aromatic nitrogens is 2. The number of hydrogen-bond acceptors (Lipinski definition) is 6. The Bertz CT molecular complexity index is 912. The second-order valence-corrected chi connectivity index (χ2v) is 7.99. The van der Waals surface area contributed by atoms with E-state index in [1.165, 1.54) is 22.5 Å². The monoisotopic (exact) mass is 347 g/mol. The third-order valence-electron chi connectivity index (χ3n) is 3.28. The fourth-order valence-corrected chi connectivity index (χ4v) is 4.07. The van der Waals surface area contributed by atoms with E-state index in [1.54, 1.807) is 0 Å². The van der Waals surface area contributed by atoms with Gasteiger partial charge in [-0.3, -0.25) is 4.55 Å². The van der Waals surface area contributed by atoms with Crippen LogP contribution in [0.1, 0.15) is 0 Å². The van der Waals surface area contributed by atoms with Crippen LogP contribution in [-0.4, -0.2) is 62.0 Å². The van der Waals surface area contributed by atoms with Crippen molar-refractivity contribution in [3.8, 4) is 0 Å². The molecule has 1 fully saturated rings. The van der Waals surface area contributed by atoms with Crippen LogP contribution in [0.5, 0.6) is 0 Å². The normalized spacial score (nSPS) is 17.9. The van der Waals surface area contributed by atoms with Gasteiger partial charge >= 0.3 is 10.1 Å². The van der Waals surface area contributed by atoms with Crippen molar-refractivity contribution in [3.63, 3.8) is 0 Å². The van der Waals surface area contributed by atoms with Crippen LogP contribution >= 0.6 is 0 Å². The zero-order chi connectivity index (χ0) is 16.0. The highest BCUT2D eigenvalue weighted by atomic mass is 32.2. The molecule has 11 heteroatoms. The number of ether oxygens (including phenoxy) is 1. The molecule has 1 aromatic carbocycles. The number of benzene rings is 1. The number of rotatable bonds is 3. The van der Waals surface area contributed by atoms with Gasteiger partial charge in [0.1, 0.15) is 0 Å². The number of hydrogen-bond donors (Lipinski definition) is 2. The van der Waals surface area contributed by atoms with Crippen molar-refractivity contribution in [2.45, 2.75) is 10.1 Å². The fourth-order valence-electron chi connectivity index (χ4n) is 2.18. The van der Waals surface area contributed by atoms with Gasteiger partial charge in [0, 0.05) is 13.1 Å². The van der Waals surface area contributed by atoms with E-state index in [0.29, 0.717) is 13.2 Å². The molecule has 0 aliphatic carbocycles. The SMILES string of the molecule is O=S(=O)(O)c1nc2ccc(S(=O)(=O)N3CCOCC3)cc2[nH]1. The van der Waals surface area contributed by atoms with E-state index in [-0.39, 0.29) is 29.0 Å². The van der Waals surface area contributed by atoms with Crippen LogP contribution < -0.4 is 0 Å². The third kappa shape index (κ3) is 2.73. The van der Waals surface area contributed by atoms with Gasteiger partial charge in [0.05, 0.1) is 29.1 Å². The zero-order valence-corrected chi connectivity index (χ0v) is 12.9. The van der Waals surface area contributed by atoms with Gasteiger partial charge in [-0.2, -0.15) is 12.7 Å². The van der Waals surface area contributed by atoms with Crippen LogP contribution in [-0.2, 0) is 24.9 Å². The van der Waals surface area contributed by atoms with E-state index in [0.717, 1.165) is 0 Å². The van der Waals surface area contributed by atoms with Crippen LogP contribution in [0.3, 0.4) is 0 Å². The molecule has 2 heterocycles. The first-order valence-corrected chi connectivity index (χ1v) is 9.22. The van der Waals surface area contributed by atoms with Crippen molar-refractivity contribution in [3.05, 3.63) is 18.2 Å². The van der Waals surface area contributed by atoms with Gasteiger partial charge in [-0.15, -0.1) is 0 Å². The summed E-state index contributed by atoms with van der Waals surface area (Å²) in [4.78, 5) is 6.11. The molecule has 2 aromatic rings. The Balaban J connectivity index is 2.04. The average molecular weight is 347 g/mol. The maximum Gasteiger partial charge on any atom is 0.328 e. The molecule has 0 amide bonds. The molecule has 9 nitrogen and oxygen atoms in total. The first-order chi connectivity index (χ1) is 10.3. The number of aromatic amines is 1. The van der Waals surface area contributed by atoms with Gasteiger partial charge in [-0.1, -0.05) is 0 Å². The Labute approximate surface area is 126 Å². The molecule has 1 aliphatic heterocycles.